The lowest BCUT2D eigenvalue weighted by Gasteiger charge is -2.06. The molecule has 3 N–H and O–H groups in total. The van der Waals surface area contributed by atoms with Crippen LogP contribution >= 0.6 is 0 Å². The van der Waals surface area contributed by atoms with E-state index in [0.29, 0.717) is 19.4 Å². The van der Waals surface area contributed by atoms with E-state index in [-0.39, 0.29) is 5.91 Å². The van der Waals surface area contributed by atoms with Crippen molar-refractivity contribution in [3.63, 3.8) is 0 Å². The van der Waals surface area contributed by atoms with Gasteiger partial charge in [-0.05, 0) is 30.9 Å². The summed E-state index contributed by atoms with van der Waals surface area (Å²) < 4.78 is 4.94. The van der Waals surface area contributed by atoms with Crippen LogP contribution in [0.3, 0.4) is 0 Å². The van der Waals surface area contributed by atoms with Gasteiger partial charge in [0.25, 0.3) is 0 Å². The lowest BCUT2D eigenvalue weighted by Crippen LogP contribution is -2.24. The van der Waals surface area contributed by atoms with Gasteiger partial charge in [-0.3, -0.25) is 4.79 Å². The number of aryl methyl sites for hydroxylation is 1. The largest absolute Gasteiger partial charge is 0.399 e. The standard InChI is InChI=1S/C14H22N2O2/c1-18-11-5-4-10-16-14(17)9-8-12-6-2-3-7-13(12)15/h2-3,6-7H,4-5,8-11,15H2,1H3,(H,16,17). The molecule has 4 nitrogen and oxygen atoms in total. The SMILES string of the molecule is COCCCCNC(=O)CCc1ccccc1N. The van der Waals surface area contributed by atoms with Crippen molar-refractivity contribution >= 4 is 11.6 Å². The molecule has 0 atom stereocenters. The van der Waals surface area contributed by atoms with E-state index in [4.69, 9.17) is 10.5 Å². The highest BCUT2D eigenvalue weighted by molar-refractivity contribution is 5.76. The Morgan fingerprint density at radius 1 is 1.33 bits per heavy atom. The van der Waals surface area contributed by atoms with Gasteiger partial charge in [0.1, 0.15) is 0 Å². The van der Waals surface area contributed by atoms with Crippen molar-refractivity contribution in [1.82, 2.24) is 5.32 Å². The minimum absolute atomic E-state index is 0.0793. The van der Waals surface area contributed by atoms with Crippen LogP contribution in [0.1, 0.15) is 24.8 Å². The Labute approximate surface area is 109 Å². The van der Waals surface area contributed by atoms with Gasteiger partial charge in [0, 0.05) is 32.4 Å². The maximum Gasteiger partial charge on any atom is 0.220 e. The Balaban J connectivity index is 2.15. The van der Waals surface area contributed by atoms with E-state index in [0.717, 1.165) is 30.7 Å². The Hall–Kier alpha value is -1.55. The highest BCUT2D eigenvalue weighted by Gasteiger charge is 2.03. The number of carbonyl (C=O) groups is 1. The van der Waals surface area contributed by atoms with Crippen LogP contribution in [-0.2, 0) is 16.0 Å². The fourth-order valence-corrected chi connectivity index (χ4v) is 1.70. The van der Waals surface area contributed by atoms with Crippen molar-refractivity contribution in [3.8, 4) is 0 Å². The summed E-state index contributed by atoms with van der Waals surface area (Å²) in [6, 6.07) is 7.65. The normalized spacial score (nSPS) is 10.3. The molecule has 1 rings (SSSR count). The predicted octanol–water partition coefficient (Wildman–Crippen LogP) is 1.74. The number of hydrogen-bond donors (Lipinski definition) is 2. The number of benzene rings is 1. The molecule has 4 heteroatoms. The number of nitrogen functional groups attached to an aromatic ring is 1. The quantitative estimate of drug-likeness (QED) is 0.545. The van der Waals surface area contributed by atoms with Crippen LogP contribution in [-0.4, -0.2) is 26.2 Å². The summed E-state index contributed by atoms with van der Waals surface area (Å²) in [6.07, 6.45) is 3.10. The van der Waals surface area contributed by atoms with Gasteiger partial charge < -0.3 is 15.8 Å². The first kappa shape index (κ1) is 14.5. The van der Waals surface area contributed by atoms with E-state index in [1.807, 2.05) is 24.3 Å². The number of para-hydroxylation sites is 1. The van der Waals surface area contributed by atoms with Crippen molar-refractivity contribution in [2.45, 2.75) is 25.7 Å². The van der Waals surface area contributed by atoms with Gasteiger partial charge in [0.2, 0.25) is 5.91 Å². The molecule has 0 aliphatic carbocycles. The molecular weight excluding hydrogens is 228 g/mol. The van der Waals surface area contributed by atoms with Gasteiger partial charge in [0.05, 0.1) is 0 Å². The summed E-state index contributed by atoms with van der Waals surface area (Å²) in [4.78, 5) is 11.6. The van der Waals surface area contributed by atoms with Gasteiger partial charge in [0.15, 0.2) is 0 Å². The molecule has 0 aromatic heterocycles. The zero-order chi connectivity index (χ0) is 13.2. The smallest absolute Gasteiger partial charge is 0.220 e. The third-order valence-corrected chi connectivity index (χ3v) is 2.77. The summed E-state index contributed by atoms with van der Waals surface area (Å²) in [5, 5.41) is 2.90. The second-order valence-electron chi connectivity index (χ2n) is 4.25. The molecule has 0 bridgehead atoms. The van der Waals surface area contributed by atoms with Crippen molar-refractivity contribution in [2.24, 2.45) is 0 Å². The molecule has 0 spiro atoms. The molecular formula is C14H22N2O2. The Bertz CT molecular complexity index is 367. The summed E-state index contributed by atoms with van der Waals surface area (Å²) >= 11 is 0. The van der Waals surface area contributed by atoms with Crippen LogP contribution in [0.25, 0.3) is 0 Å². The Kier molecular flexibility index (Phi) is 6.87. The topological polar surface area (TPSA) is 64.3 Å². The molecule has 0 aliphatic rings. The summed E-state index contributed by atoms with van der Waals surface area (Å²) in [5.41, 5.74) is 7.61. The average molecular weight is 250 g/mol. The first-order valence-corrected chi connectivity index (χ1v) is 6.33. The number of nitrogens with one attached hydrogen (secondary N) is 1. The maximum absolute atomic E-state index is 11.6. The van der Waals surface area contributed by atoms with Gasteiger partial charge in [-0.2, -0.15) is 0 Å². The fourth-order valence-electron chi connectivity index (χ4n) is 1.70. The highest BCUT2D eigenvalue weighted by Crippen LogP contribution is 2.12. The molecule has 1 aromatic carbocycles. The molecule has 0 aliphatic heterocycles. The minimum Gasteiger partial charge on any atom is -0.399 e. The predicted molar refractivity (Wildman–Crippen MR) is 73.3 cm³/mol. The summed E-state index contributed by atoms with van der Waals surface area (Å²) in [6.45, 7) is 1.46. The van der Waals surface area contributed by atoms with Gasteiger partial charge >= 0.3 is 0 Å². The number of anilines is 1. The molecule has 0 radical (unpaired) electrons. The molecule has 0 fully saturated rings. The number of methoxy groups -OCH3 is 1. The lowest BCUT2D eigenvalue weighted by molar-refractivity contribution is -0.121. The molecule has 0 unspecified atom stereocenters. The molecule has 18 heavy (non-hydrogen) atoms. The van der Waals surface area contributed by atoms with E-state index in [1.165, 1.54) is 0 Å². The van der Waals surface area contributed by atoms with E-state index in [1.54, 1.807) is 7.11 Å². The van der Waals surface area contributed by atoms with Gasteiger partial charge in [-0.15, -0.1) is 0 Å². The fraction of sp³-hybridized carbons (Fsp3) is 0.500. The number of hydrogen-bond acceptors (Lipinski definition) is 3. The average Bonchev–Trinajstić information content (AvgIpc) is 2.37. The van der Waals surface area contributed by atoms with Crippen LogP contribution in [0, 0.1) is 0 Å². The number of ether oxygens (including phenoxy) is 1. The number of rotatable bonds is 8. The first-order chi connectivity index (χ1) is 8.74. The number of carbonyl (C=O) groups excluding carboxylic acids is 1. The Morgan fingerprint density at radius 2 is 2.11 bits per heavy atom. The van der Waals surface area contributed by atoms with Crippen LogP contribution in [0.5, 0.6) is 0 Å². The number of unbranched alkanes of at least 4 members (excludes halogenated alkanes) is 1. The zero-order valence-corrected chi connectivity index (χ0v) is 10.9. The van der Waals surface area contributed by atoms with Gasteiger partial charge in [-0.1, -0.05) is 18.2 Å². The second-order valence-corrected chi connectivity index (χ2v) is 4.25. The van der Waals surface area contributed by atoms with Crippen LogP contribution < -0.4 is 11.1 Å². The van der Waals surface area contributed by atoms with E-state index in [2.05, 4.69) is 5.32 Å². The second kappa shape index (κ2) is 8.53. The van der Waals surface area contributed by atoms with E-state index < -0.39 is 0 Å². The first-order valence-electron chi connectivity index (χ1n) is 6.33. The van der Waals surface area contributed by atoms with Crippen LogP contribution in [0.2, 0.25) is 0 Å². The molecule has 1 amide bonds. The highest BCUT2D eigenvalue weighted by atomic mass is 16.5. The van der Waals surface area contributed by atoms with Crippen molar-refractivity contribution in [2.75, 3.05) is 26.0 Å². The monoisotopic (exact) mass is 250 g/mol. The summed E-state index contributed by atoms with van der Waals surface area (Å²) in [5.74, 6) is 0.0793. The molecule has 0 heterocycles. The number of amides is 1. The van der Waals surface area contributed by atoms with Gasteiger partial charge in [-0.25, -0.2) is 0 Å². The number of nitrogens with two attached hydrogens (primary N) is 1. The molecule has 0 saturated heterocycles. The maximum atomic E-state index is 11.6. The third-order valence-electron chi connectivity index (χ3n) is 2.77. The van der Waals surface area contributed by atoms with E-state index in [9.17, 15) is 4.79 Å². The molecule has 0 saturated carbocycles. The van der Waals surface area contributed by atoms with Crippen molar-refractivity contribution in [1.29, 1.82) is 0 Å². The third kappa shape index (κ3) is 5.68. The molecule has 100 valence electrons. The Morgan fingerprint density at radius 3 is 2.83 bits per heavy atom. The molecule has 1 aromatic rings. The van der Waals surface area contributed by atoms with Crippen molar-refractivity contribution < 1.29 is 9.53 Å². The lowest BCUT2D eigenvalue weighted by atomic mass is 10.1. The van der Waals surface area contributed by atoms with Crippen molar-refractivity contribution in [3.05, 3.63) is 29.8 Å². The zero-order valence-electron chi connectivity index (χ0n) is 10.9. The van der Waals surface area contributed by atoms with E-state index >= 15 is 0 Å². The van der Waals surface area contributed by atoms with Crippen LogP contribution in [0.4, 0.5) is 5.69 Å². The minimum atomic E-state index is 0.0793. The summed E-state index contributed by atoms with van der Waals surface area (Å²) in [7, 11) is 1.68. The van der Waals surface area contributed by atoms with Crippen LogP contribution in [0.15, 0.2) is 24.3 Å².